The molecule has 3 rings (SSSR count). The van der Waals surface area contributed by atoms with Gasteiger partial charge in [0, 0.05) is 12.2 Å². The molecule has 0 amide bonds. The molecule has 0 saturated heterocycles. The lowest BCUT2D eigenvalue weighted by Crippen LogP contribution is -2.27. The molecule has 1 heterocycles. The van der Waals surface area contributed by atoms with Gasteiger partial charge < -0.3 is 10.6 Å². The van der Waals surface area contributed by atoms with Crippen LogP contribution in [-0.2, 0) is 13.1 Å². The summed E-state index contributed by atoms with van der Waals surface area (Å²) >= 11 is 9.01. The molecule has 6 heteroatoms. The maximum absolute atomic E-state index is 5.43. The predicted molar refractivity (Wildman–Crippen MR) is 119 cm³/mol. The van der Waals surface area contributed by atoms with Gasteiger partial charge in [0.2, 0.25) is 0 Å². The van der Waals surface area contributed by atoms with Crippen molar-refractivity contribution in [1.82, 2.24) is 15.1 Å². The Morgan fingerprint density at radius 3 is 2.48 bits per heavy atom. The highest BCUT2D eigenvalue weighted by atomic mass is 79.9. The number of hydrogen-bond donors (Lipinski definition) is 2. The molecule has 0 bridgehead atoms. The fourth-order valence-corrected chi connectivity index (χ4v) is 3.29. The first kappa shape index (κ1) is 19.6. The molecule has 0 aliphatic rings. The zero-order valence-corrected chi connectivity index (χ0v) is 18.1. The van der Waals surface area contributed by atoms with Gasteiger partial charge in [0.1, 0.15) is 0 Å². The van der Waals surface area contributed by atoms with Crippen molar-refractivity contribution < 1.29 is 0 Å². The van der Waals surface area contributed by atoms with E-state index in [4.69, 9.17) is 12.2 Å². The van der Waals surface area contributed by atoms with E-state index in [2.05, 4.69) is 81.9 Å². The first-order valence-corrected chi connectivity index (χ1v) is 10.0. The average Bonchev–Trinajstić information content (AvgIpc) is 2.88. The first-order chi connectivity index (χ1) is 12.9. The van der Waals surface area contributed by atoms with Crippen LogP contribution in [0.5, 0.6) is 0 Å². The van der Waals surface area contributed by atoms with E-state index < -0.39 is 0 Å². The third kappa shape index (κ3) is 5.17. The summed E-state index contributed by atoms with van der Waals surface area (Å²) in [5.74, 6) is 0. The van der Waals surface area contributed by atoms with Crippen LogP contribution in [0.4, 0.5) is 5.69 Å². The van der Waals surface area contributed by atoms with Gasteiger partial charge in [-0.25, -0.2) is 0 Å². The lowest BCUT2D eigenvalue weighted by molar-refractivity contribution is 0.659. The smallest absolute Gasteiger partial charge is 0.171 e. The fraction of sp³-hybridized carbons (Fsp3) is 0.238. The summed E-state index contributed by atoms with van der Waals surface area (Å²) < 4.78 is 3.07. The number of aryl methyl sites for hydroxylation is 2. The molecule has 3 aromatic rings. The van der Waals surface area contributed by atoms with Gasteiger partial charge in [-0.05, 0) is 72.2 Å². The van der Waals surface area contributed by atoms with Crippen molar-refractivity contribution in [2.24, 2.45) is 0 Å². The molecule has 0 aliphatic heterocycles. The lowest BCUT2D eigenvalue weighted by atomic mass is 10.1. The van der Waals surface area contributed by atoms with Gasteiger partial charge in [0.25, 0.3) is 0 Å². The normalized spacial score (nSPS) is 10.7. The van der Waals surface area contributed by atoms with E-state index in [9.17, 15) is 0 Å². The molecule has 0 saturated carbocycles. The van der Waals surface area contributed by atoms with Crippen LogP contribution in [0, 0.1) is 20.8 Å². The quantitative estimate of drug-likeness (QED) is 0.538. The van der Waals surface area contributed by atoms with Crippen LogP contribution in [0.2, 0.25) is 0 Å². The number of rotatable bonds is 5. The summed E-state index contributed by atoms with van der Waals surface area (Å²) in [6.45, 7) is 7.57. The Balaban J connectivity index is 1.60. The van der Waals surface area contributed by atoms with Crippen LogP contribution in [0.3, 0.4) is 0 Å². The van der Waals surface area contributed by atoms with Gasteiger partial charge in [-0.2, -0.15) is 5.10 Å². The Labute approximate surface area is 174 Å². The largest absolute Gasteiger partial charge is 0.358 e. The van der Waals surface area contributed by atoms with Gasteiger partial charge in [0.05, 0.1) is 22.4 Å². The number of nitrogens with zero attached hydrogens (tertiary/aromatic N) is 2. The highest BCUT2D eigenvalue weighted by Crippen LogP contribution is 2.21. The Morgan fingerprint density at radius 2 is 1.81 bits per heavy atom. The molecular formula is C21H23BrN4S. The van der Waals surface area contributed by atoms with Crippen LogP contribution >= 0.6 is 28.1 Å². The second-order valence-electron chi connectivity index (χ2n) is 6.64. The Kier molecular flexibility index (Phi) is 6.29. The van der Waals surface area contributed by atoms with Gasteiger partial charge in [-0.1, -0.05) is 42.0 Å². The second-order valence-corrected chi connectivity index (χ2v) is 7.84. The third-order valence-corrected chi connectivity index (χ3v) is 5.78. The maximum Gasteiger partial charge on any atom is 0.171 e. The standard InChI is InChI=1S/C21H23BrN4S/c1-14-7-9-17(10-8-14)12-23-21(27)24-19-6-4-5-18(11-19)13-26-16(3)20(22)15(2)25-26/h4-11H,12-13H2,1-3H3,(H2,23,24,27). The molecule has 0 fully saturated rings. The van der Waals surface area contributed by atoms with Crippen LogP contribution in [-0.4, -0.2) is 14.9 Å². The van der Waals surface area contributed by atoms with Crippen molar-refractivity contribution in [3.05, 3.63) is 81.1 Å². The summed E-state index contributed by atoms with van der Waals surface area (Å²) in [6.07, 6.45) is 0. The summed E-state index contributed by atoms with van der Waals surface area (Å²) in [5, 5.41) is 11.7. The predicted octanol–water partition coefficient (Wildman–Crippen LogP) is 5.11. The SMILES string of the molecule is Cc1ccc(CNC(=S)Nc2cccc(Cn3nc(C)c(Br)c3C)c2)cc1. The second kappa shape index (κ2) is 8.67. The number of thiocarbonyl (C=S) groups is 1. The van der Waals surface area contributed by atoms with E-state index >= 15 is 0 Å². The molecule has 0 spiro atoms. The molecule has 4 nitrogen and oxygen atoms in total. The van der Waals surface area contributed by atoms with Crippen LogP contribution in [0.1, 0.15) is 28.1 Å². The highest BCUT2D eigenvalue weighted by molar-refractivity contribution is 9.10. The molecule has 0 unspecified atom stereocenters. The number of nitrogens with one attached hydrogen (secondary N) is 2. The lowest BCUT2D eigenvalue weighted by Gasteiger charge is -2.12. The molecule has 140 valence electrons. The van der Waals surface area contributed by atoms with Gasteiger partial charge in [0.15, 0.2) is 5.11 Å². The Bertz CT molecular complexity index is 947. The average molecular weight is 443 g/mol. The van der Waals surface area contributed by atoms with Crippen molar-refractivity contribution in [3.63, 3.8) is 0 Å². The zero-order valence-electron chi connectivity index (χ0n) is 15.7. The third-order valence-electron chi connectivity index (χ3n) is 4.38. The summed E-state index contributed by atoms with van der Waals surface area (Å²) in [4.78, 5) is 0. The molecule has 1 aromatic heterocycles. The minimum absolute atomic E-state index is 0.613. The van der Waals surface area contributed by atoms with Crippen molar-refractivity contribution in [2.75, 3.05) is 5.32 Å². The van der Waals surface area contributed by atoms with Crippen LogP contribution in [0.25, 0.3) is 0 Å². The van der Waals surface area contributed by atoms with E-state index in [1.807, 2.05) is 23.7 Å². The van der Waals surface area contributed by atoms with Gasteiger partial charge >= 0.3 is 0 Å². The van der Waals surface area contributed by atoms with Crippen LogP contribution in [0.15, 0.2) is 53.0 Å². The van der Waals surface area contributed by atoms with Crippen molar-refractivity contribution in [2.45, 2.75) is 33.9 Å². The van der Waals surface area contributed by atoms with Gasteiger partial charge in [-0.3, -0.25) is 4.68 Å². The number of hydrogen-bond acceptors (Lipinski definition) is 2. The van der Waals surface area contributed by atoms with Crippen molar-refractivity contribution in [1.29, 1.82) is 0 Å². The molecule has 2 N–H and O–H groups in total. The summed E-state index contributed by atoms with van der Waals surface area (Å²) in [6, 6.07) is 16.7. The summed E-state index contributed by atoms with van der Waals surface area (Å²) in [5.41, 5.74) is 6.72. The topological polar surface area (TPSA) is 41.9 Å². The number of benzene rings is 2. The monoisotopic (exact) mass is 442 g/mol. The molecular weight excluding hydrogens is 420 g/mol. The molecule has 0 atom stereocenters. The van der Waals surface area contributed by atoms with E-state index in [1.165, 1.54) is 16.7 Å². The Morgan fingerprint density at radius 1 is 1.07 bits per heavy atom. The van der Waals surface area contributed by atoms with Crippen molar-refractivity contribution in [3.8, 4) is 0 Å². The minimum atomic E-state index is 0.613. The first-order valence-electron chi connectivity index (χ1n) is 8.81. The highest BCUT2D eigenvalue weighted by Gasteiger charge is 2.09. The summed E-state index contributed by atoms with van der Waals surface area (Å²) in [7, 11) is 0. The van der Waals surface area contributed by atoms with E-state index in [-0.39, 0.29) is 0 Å². The molecule has 2 aromatic carbocycles. The van der Waals surface area contributed by atoms with E-state index in [0.29, 0.717) is 11.7 Å². The van der Waals surface area contributed by atoms with Crippen molar-refractivity contribution >= 4 is 38.9 Å². The van der Waals surface area contributed by atoms with E-state index in [0.717, 1.165) is 28.1 Å². The fourth-order valence-electron chi connectivity index (χ4n) is 2.81. The number of anilines is 1. The molecule has 0 aliphatic carbocycles. The number of halogens is 1. The minimum Gasteiger partial charge on any atom is -0.358 e. The molecule has 0 radical (unpaired) electrons. The van der Waals surface area contributed by atoms with E-state index in [1.54, 1.807) is 0 Å². The van der Waals surface area contributed by atoms with Gasteiger partial charge in [-0.15, -0.1) is 0 Å². The zero-order chi connectivity index (χ0) is 19.4. The van der Waals surface area contributed by atoms with Crippen LogP contribution < -0.4 is 10.6 Å². The number of aromatic nitrogens is 2. The molecule has 27 heavy (non-hydrogen) atoms. The Hall–Kier alpha value is -2.18. The maximum atomic E-state index is 5.43.